The normalized spacial score (nSPS) is 12.6. The fraction of sp³-hybridized carbons (Fsp3) is 0.429. The van der Waals surface area contributed by atoms with Crippen LogP contribution >= 0.6 is 12.2 Å². The van der Waals surface area contributed by atoms with Crippen molar-refractivity contribution < 1.29 is 9.90 Å². The lowest BCUT2D eigenvalue weighted by Gasteiger charge is -2.25. The molecule has 19 heavy (non-hydrogen) atoms. The Kier molecular flexibility index (Phi) is 5.30. The number of nitrogens with one attached hydrogen (secondary N) is 2. The Balaban J connectivity index is 2.64. The van der Waals surface area contributed by atoms with Crippen LogP contribution in [0.3, 0.4) is 0 Å². The van der Waals surface area contributed by atoms with E-state index in [0.29, 0.717) is 11.5 Å². The van der Waals surface area contributed by atoms with Crippen molar-refractivity contribution in [3.05, 3.63) is 35.9 Å². The molecule has 0 spiro atoms. The van der Waals surface area contributed by atoms with Crippen molar-refractivity contribution in [3.63, 3.8) is 0 Å². The van der Waals surface area contributed by atoms with Gasteiger partial charge in [-0.2, -0.15) is 0 Å². The van der Waals surface area contributed by atoms with Crippen LogP contribution in [0.4, 0.5) is 0 Å². The third-order valence-corrected chi connectivity index (χ3v) is 2.59. The number of aliphatic carboxylic acids is 1. The van der Waals surface area contributed by atoms with Gasteiger partial charge in [0.2, 0.25) is 0 Å². The van der Waals surface area contributed by atoms with Gasteiger partial charge in [0, 0.05) is 12.0 Å². The number of thiocarbonyl (C=S) groups is 1. The maximum absolute atomic E-state index is 11.3. The van der Waals surface area contributed by atoms with E-state index in [1.165, 1.54) is 0 Å². The first kappa shape index (κ1) is 15.4. The Hall–Kier alpha value is -1.62. The quantitative estimate of drug-likeness (QED) is 0.736. The van der Waals surface area contributed by atoms with Gasteiger partial charge in [-0.15, -0.1) is 0 Å². The van der Waals surface area contributed by atoms with Crippen molar-refractivity contribution in [2.24, 2.45) is 0 Å². The highest BCUT2D eigenvalue weighted by atomic mass is 32.1. The van der Waals surface area contributed by atoms with Gasteiger partial charge in [0.05, 0.1) is 0 Å². The third-order valence-electron chi connectivity index (χ3n) is 2.37. The molecule has 0 fully saturated rings. The zero-order valence-electron chi connectivity index (χ0n) is 11.4. The summed E-state index contributed by atoms with van der Waals surface area (Å²) in [5.41, 5.74) is 0.765. The van der Waals surface area contributed by atoms with E-state index in [1.807, 2.05) is 51.1 Å². The van der Waals surface area contributed by atoms with E-state index in [0.717, 1.165) is 5.56 Å². The van der Waals surface area contributed by atoms with E-state index in [2.05, 4.69) is 10.6 Å². The van der Waals surface area contributed by atoms with Crippen LogP contribution in [-0.2, 0) is 11.2 Å². The van der Waals surface area contributed by atoms with Crippen LogP contribution in [0.1, 0.15) is 26.3 Å². The minimum atomic E-state index is -0.915. The van der Waals surface area contributed by atoms with E-state index in [1.54, 1.807) is 0 Å². The van der Waals surface area contributed by atoms with Crippen LogP contribution in [0.25, 0.3) is 0 Å². The molecule has 0 aromatic heterocycles. The molecule has 0 saturated carbocycles. The molecule has 0 bridgehead atoms. The zero-order valence-corrected chi connectivity index (χ0v) is 12.3. The van der Waals surface area contributed by atoms with Crippen LogP contribution in [0, 0.1) is 0 Å². The van der Waals surface area contributed by atoms with Crippen molar-refractivity contribution in [2.45, 2.75) is 38.8 Å². The van der Waals surface area contributed by atoms with Crippen LogP contribution in [-0.4, -0.2) is 27.8 Å². The lowest BCUT2D eigenvalue weighted by molar-refractivity contribution is -0.139. The van der Waals surface area contributed by atoms with Crippen LogP contribution in [0.2, 0.25) is 0 Å². The molecule has 1 atom stereocenters. The smallest absolute Gasteiger partial charge is 0.326 e. The number of hydrogen-bond acceptors (Lipinski definition) is 2. The summed E-state index contributed by atoms with van der Waals surface area (Å²) >= 11 is 5.13. The van der Waals surface area contributed by atoms with Gasteiger partial charge >= 0.3 is 5.97 Å². The SMILES string of the molecule is CC(C)(C)NC(=S)N[C@@H](Cc1ccccc1)C(=O)O. The predicted octanol–water partition coefficient (Wildman–Crippen LogP) is 1.94. The number of rotatable bonds is 4. The summed E-state index contributed by atoms with van der Waals surface area (Å²) < 4.78 is 0. The minimum absolute atomic E-state index is 0.195. The second-order valence-electron chi connectivity index (χ2n) is 5.43. The molecule has 1 aromatic carbocycles. The van der Waals surface area contributed by atoms with Gasteiger partial charge in [-0.05, 0) is 38.6 Å². The Morgan fingerprint density at radius 2 is 1.89 bits per heavy atom. The van der Waals surface area contributed by atoms with Crippen molar-refractivity contribution in [1.29, 1.82) is 0 Å². The molecule has 1 aromatic rings. The maximum atomic E-state index is 11.3. The summed E-state index contributed by atoms with van der Waals surface area (Å²) in [5, 5.41) is 15.5. The first-order valence-electron chi connectivity index (χ1n) is 6.13. The first-order chi connectivity index (χ1) is 8.78. The van der Waals surface area contributed by atoms with Gasteiger partial charge in [0.15, 0.2) is 5.11 Å². The van der Waals surface area contributed by atoms with E-state index in [4.69, 9.17) is 12.2 Å². The number of hydrogen-bond donors (Lipinski definition) is 3. The van der Waals surface area contributed by atoms with Gasteiger partial charge < -0.3 is 15.7 Å². The minimum Gasteiger partial charge on any atom is -0.480 e. The molecule has 0 heterocycles. The third kappa shape index (κ3) is 6.20. The van der Waals surface area contributed by atoms with Crippen LogP contribution in [0.5, 0.6) is 0 Å². The molecule has 0 saturated heterocycles. The molecule has 1 rings (SSSR count). The number of carboxylic acid groups (broad SMARTS) is 1. The summed E-state index contributed by atoms with van der Waals surface area (Å²) in [5.74, 6) is -0.915. The Morgan fingerprint density at radius 3 is 2.37 bits per heavy atom. The second-order valence-corrected chi connectivity index (χ2v) is 5.84. The molecular formula is C14H20N2O2S. The van der Waals surface area contributed by atoms with Crippen molar-refractivity contribution in [1.82, 2.24) is 10.6 Å². The Bertz CT molecular complexity index is 441. The van der Waals surface area contributed by atoms with E-state index >= 15 is 0 Å². The molecule has 4 nitrogen and oxygen atoms in total. The highest BCUT2D eigenvalue weighted by Gasteiger charge is 2.20. The fourth-order valence-corrected chi connectivity index (χ4v) is 2.03. The van der Waals surface area contributed by atoms with Gasteiger partial charge in [0.25, 0.3) is 0 Å². The summed E-state index contributed by atoms with van der Waals surface area (Å²) in [6, 6.07) is 8.75. The highest BCUT2D eigenvalue weighted by Crippen LogP contribution is 2.04. The number of benzene rings is 1. The first-order valence-corrected chi connectivity index (χ1v) is 6.54. The van der Waals surface area contributed by atoms with Gasteiger partial charge in [0.1, 0.15) is 6.04 Å². The van der Waals surface area contributed by atoms with Gasteiger partial charge in [-0.1, -0.05) is 30.3 Å². The van der Waals surface area contributed by atoms with Crippen molar-refractivity contribution in [3.8, 4) is 0 Å². The lowest BCUT2D eigenvalue weighted by Crippen LogP contribution is -2.52. The number of carbonyl (C=O) groups is 1. The molecule has 5 heteroatoms. The van der Waals surface area contributed by atoms with Crippen molar-refractivity contribution in [2.75, 3.05) is 0 Å². The zero-order chi connectivity index (χ0) is 14.5. The van der Waals surface area contributed by atoms with Crippen LogP contribution in [0.15, 0.2) is 30.3 Å². The highest BCUT2D eigenvalue weighted by molar-refractivity contribution is 7.80. The maximum Gasteiger partial charge on any atom is 0.326 e. The molecule has 3 N–H and O–H groups in total. The second kappa shape index (κ2) is 6.52. The summed E-state index contributed by atoms with van der Waals surface area (Å²) in [7, 11) is 0. The van der Waals surface area contributed by atoms with E-state index in [9.17, 15) is 9.90 Å². The van der Waals surface area contributed by atoms with Crippen molar-refractivity contribution >= 4 is 23.3 Å². The monoisotopic (exact) mass is 280 g/mol. The fourth-order valence-electron chi connectivity index (χ4n) is 1.58. The molecule has 0 aliphatic rings. The standard InChI is InChI=1S/C14H20N2O2S/c1-14(2,3)16-13(19)15-11(12(17)18)9-10-7-5-4-6-8-10/h4-8,11H,9H2,1-3H3,(H,17,18)(H2,15,16,19)/t11-/m0/s1. The summed E-state index contributed by atoms with van der Waals surface area (Å²) in [6.07, 6.45) is 0.391. The summed E-state index contributed by atoms with van der Waals surface area (Å²) in [4.78, 5) is 11.3. The molecule has 104 valence electrons. The Morgan fingerprint density at radius 1 is 1.32 bits per heavy atom. The number of carboxylic acids is 1. The average molecular weight is 280 g/mol. The average Bonchev–Trinajstić information content (AvgIpc) is 2.26. The molecule has 0 aliphatic carbocycles. The van der Waals surface area contributed by atoms with E-state index < -0.39 is 12.0 Å². The molecule has 0 unspecified atom stereocenters. The largest absolute Gasteiger partial charge is 0.480 e. The Labute approximate surface area is 119 Å². The van der Waals surface area contributed by atoms with Crippen LogP contribution < -0.4 is 10.6 Å². The summed E-state index contributed by atoms with van der Waals surface area (Å²) in [6.45, 7) is 5.90. The molecule has 0 radical (unpaired) electrons. The van der Waals surface area contributed by atoms with E-state index in [-0.39, 0.29) is 5.54 Å². The topological polar surface area (TPSA) is 61.4 Å². The van der Waals surface area contributed by atoms with Gasteiger partial charge in [-0.3, -0.25) is 0 Å². The molecule has 0 aliphatic heterocycles. The lowest BCUT2D eigenvalue weighted by atomic mass is 10.1. The molecular weight excluding hydrogens is 260 g/mol. The molecule has 0 amide bonds. The van der Waals surface area contributed by atoms with Gasteiger partial charge in [-0.25, -0.2) is 4.79 Å². The predicted molar refractivity (Wildman–Crippen MR) is 80.2 cm³/mol.